The smallest absolute Gasteiger partial charge is 0.352 e. The number of hydrogen-bond donors (Lipinski definition) is 2. The lowest BCUT2D eigenvalue weighted by Crippen LogP contribution is -2.27. The third kappa shape index (κ3) is 5.82. The lowest BCUT2D eigenvalue weighted by Gasteiger charge is -2.09. The highest BCUT2D eigenvalue weighted by Crippen LogP contribution is 2.26. The Morgan fingerprint density at radius 2 is 1.72 bits per heavy atom. The summed E-state index contributed by atoms with van der Waals surface area (Å²) in [6, 6.07) is 20.8. The Bertz CT molecular complexity index is 1080. The molecule has 3 aromatic rings. The number of hydrogen-bond acceptors (Lipinski definition) is 3. The number of carboxylic acids is 1. The fourth-order valence-corrected chi connectivity index (χ4v) is 3.12. The van der Waals surface area contributed by atoms with Crippen LogP contribution >= 0.6 is 34.2 Å². The largest absolute Gasteiger partial charge is 0.477 e. The third-order valence-electron chi connectivity index (χ3n) is 3.82. The average molecular weight is 520 g/mol. The van der Waals surface area contributed by atoms with E-state index in [9.17, 15) is 14.7 Å². The van der Waals surface area contributed by atoms with Crippen molar-refractivity contribution in [1.29, 1.82) is 0 Å². The van der Waals surface area contributed by atoms with E-state index in [4.69, 9.17) is 16.3 Å². The molecule has 0 saturated carbocycles. The Labute approximate surface area is 186 Å². The van der Waals surface area contributed by atoms with Gasteiger partial charge in [0, 0.05) is 10.6 Å². The van der Waals surface area contributed by atoms with Crippen molar-refractivity contribution in [2.75, 3.05) is 0 Å². The summed E-state index contributed by atoms with van der Waals surface area (Å²) < 4.78 is 6.80. The van der Waals surface area contributed by atoms with Gasteiger partial charge in [0.15, 0.2) is 0 Å². The van der Waals surface area contributed by atoms with Gasteiger partial charge in [-0.3, -0.25) is 4.79 Å². The number of para-hydroxylation sites is 1. The molecule has 0 saturated heterocycles. The van der Waals surface area contributed by atoms with Crippen molar-refractivity contribution in [2.45, 2.75) is 0 Å². The summed E-state index contributed by atoms with van der Waals surface area (Å²) in [5, 5.41) is 12.2. The van der Waals surface area contributed by atoms with Gasteiger partial charge in [-0.15, -0.1) is 0 Å². The zero-order valence-electron chi connectivity index (χ0n) is 14.9. The Hall–Kier alpha value is -2.84. The predicted octanol–water partition coefficient (Wildman–Crippen LogP) is 5.59. The summed E-state index contributed by atoms with van der Waals surface area (Å²) in [6.07, 6.45) is 1.38. The van der Waals surface area contributed by atoms with Gasteiger partial charge in [0.1, 0.15) is 17.2 Å². The number of carboxylic acid groups (broad SMARTS) is 1. The molecule has 0 radical (unpaired) electrons. The normalized spacial score (nSPS) is 11.0. The molecule has 1 amide bonds. The topological polar surface area (TPSA) is 75.6 Å². The molecule has 3 aromatic carbocycles. The van der Waals surface area contributed by atoms with Crippen LogP contribution in [0.2, 0.25) is 5.02 Å². The zero-order chi connectivity index (χ0) is 20.8. The molecule has 0 unspecified atom stereocenters. The van der Waals surface area contributed by atoms with E-state index in [1.54, 1.807) is 42.5 Å². The lowest BCUT2D eigenvalue weighted by atomic mass is 10.1. The molecule has 146 valence electrons. The molecule has 2 N–H and O–H groups in total. The standard InChI is InChI=1S/C22H15ClINO4/c23-16-5-3-4-15(13-16)21(26)25-19(22(27)28)12-14-8-10-17(11-9-14)29-20-7-2-1-6-18(20)24/h1-13H,(H,25,26)(H,27,28)/b19-12-. The summed E-state index contributed by atoms with van der Waals surface area (Å²) in [5.74, 6) is -0.457. The van der Waals surface area contributed by atoms with Gasteiger partial charge in [0.05, 0.1) is 3.57 Å². The van der Waals surface area contributed by atoms with Gasteiger partial charge in [-0.25, -0.2) is 4.79 Å². The van der Waals surface area contributed by atoms with Gasteiger partial charge in [-0.2, -0.15) is 0 Å². The molecule has 3 rings (SSSR count). The van der Waals surface area contributed by atoms with Crippen LogP contribution in [0.1, 0.15) is 15.9 Å². The predicted molar refractivity (Wildman–Crippen MR) is 120 cm³/mol. The number of nitrogens with one attached hydrogen (secondary N) is 1. The molecule has 0 fully saturated rings. The van der Waals surface area contributed by atoms with Crippen molar-refractivity contribution in [3.8, 4) is 11.5 Å². The van der Waals surface area contributed by atoms with Crippen LogP contribution in [0.4, 0.5) is 0 Å². The molecule has 0 aliphatic carbocycles. The SMILES string of the molecule is O=C(O)/C(=C/c1ccc(Oc2ccccc2I)cc1)NC(=O)c1cccc(Cl)c1. The molecule has 29 heavy (non-hydrogen) atoms. The lowest BCUT2D eigenvalue weighted by molar-refractivity contribution is -0.132. The molecule has 0 bridgehead atoms. The van der Waals surface area contributed by atoms with E-state index in [1.807, 2.05) is 24.3 Å². The monoisotopic (exact) mass is 519 g/mol. The van der Waals surface area contributed by atoms with Crippen molar-refractivity contribution >= 4 is 52.1 Å². The van der Waals surface area contributed by atoms with Crippen molar-refractivity contribution < 1.29 is 19.4 Å². The van der Waals surface area contributed by atoms with Crippen LogP contribution in [0, 0.1) is 3.57 Å². The van der Waals surface area contributed by atoms with Gasteiger partial charge in [0.25, 0.3) is 5.91 Å². The number of rotatable bonds is 6. The van der Waals surface area contributed by atoms with Crippen LogP contribution in [-0.4, -0.2) is 17.0 Å². The van der Waals surface area contributed by atoms with E-state index in [0.717, 1.165) is 9.32 Å². The quantitative estimate of drug-likeness (QED) is 0.329. The molecule has 0 atom stereocenters. The third-order valence-corrected chi connectivity index (χ3v) is 4.95. The highest BCUT2D eigenvalue weighted by Gasteiger charge is 2.14. The zero-order valence-corrected chi connectivity index (χ0v) is 17.8. The van der Waals surface area contributed by atoms with Crippen molar-refractivity contribution in [1.82, 2.24) is 5.32 Å². The summed E-state index contributed by atoms with van der Waals surface area (Å²) in [4.78, 5) is 23.8. The van der Waals surface area contributed by atoms with E-state index < -0.39 is 11.9 Å². The van der Waals surface area contributed by atoms with E-state index in [0.29, 0.717) is 16.3 Å². The first-order chi connectivity index (χ1) is 13.9. The number of halogens is 2. The minimum atomic E-state index is -1.25. The Morgan fingerprint density at radius 3 is 2.38 bits per heavy atom. The van der Waals surface area contributed by atoms with E-state index in [-0.39, 0.29) is 11.3 Å². The molecule has 0 spiro atoms. The average Bonchev–Trinajstić information content (AvgIpc) is 2.70. The molecule has 5 nitrogen and oxygen atoms in total. The number of carbonyl (C=O) groups excluding carboxylic acids is 1. The second kappa shape index (κ2) is 9.58. The summed E-state index contributed by atoms with van der Waals surface area (Å²) >= 11 is 8.06. The number of benzene rings is 3. The number of carbonyl (C=O) groups is 2. The Morgan fingerprint density at radius 1 is 1.00 bits per heavy atom. The minimum Gasteiger partial charge on any atom is -0.477 e. The first kappa shape index (κ1) is 20.9. The van der Waals surface area contributed by atoms with Gasteiger partial charge < -0.3 is 15.2 Å². The van der Waals surface area contributed by atoms with Crippen LogP contribution in [-0.2, 0) is 4.79 Å². The van der Waals surface area contributed by atoms with Gasteiger partial charge >= 0.3 is 5.97 Å². The van der Waals surface area contributed by atoms with Gasteiger partial charge in [0.2, 0.25) is 0 Å². The van der Waals surface area contributed by atoms with Crippen molar-refractivity contribution in [2.24, 2.45) is 0 Å². The fraction of sp³-hybridized carbons (Fsp3) is 0. The summed E-state index contributed by atoms with van der Waals surface area (Å²) in [6.45, 7) is 0. The van der Waals surface area contributed by atoms with Crippen LogP contribution in [0.5, 0.6) is 11.5 Å². The number of ether oxygens (including phenoxy) is 1. The molecule has 0 aliphatic heterocycles. The van der Waals surface area contributed by atoms with Crippen molar-refractivity contribution in [3.63, 3.8) is 0 Å². The minimum absolute atomic E-state index is 0.249. The first-order valence-electron chi connectivity index (χ1n) is 8.47. The molecular formula is C22H15ClINO4. The van der Waals surface area contributed by atoms with E-state index in [1.165, 1.54) is 12.1 Å². The number of amides is 1. The molecule has 0 aromatic heterocycles. The van der Waals surface area contributed by atoms with Gasteiger partial charge in [-0.05, 0) is 76.7 Å². The maximum Gasteiger partial charge on any atom is 0.352 e. The second-order valence-electron chi connectivity index (χ2n) is 5.93. The van der Waals surface area contributed by atoms with E-state index >= 15 is 0 Å². The van der Waals surface area contributed by atoms with Crippen LogP contribution < -0.4 is 10.1 Å². The Balaban J connectivity index is 1.76. The Kier molecular flexibility index (Phi) is 6.90. The summed E-state index contributed by atoms with van der Waals surface area (Å²) in [5.41, 5.74) is 0.621. The van der Waals surface area contributed by atoms with Crippen LogP contribution in [0.25, 0.3) is 6.08 Å². The maximum absolute atomic E-state index is 12.3. The molecule has 0 heterocycles. The van der Waals surface area contributed by atoms with E-state index in [2.05, 4.69) is 27.9 Å². The highest BCUT2D eigenvalue weighted by molar-refractivity contribution is 14.1. The first-order valence-corrected chi connectivity index (χ1v) is 9.92. The summed E-state index contributed by atoms with van der Waals surface area (Å²) in [7, 11) is 0. The molecule has 0 aliphatic rings. The van der Waals surface area contributed by atoms with Crippen molar-refractivity contribution in [3.05, 3.63) is 98.2 Å². The molecular weight excluding hydrogens is 505 g/mol. The number of aliphatic carboxylic acids is 1. The molecule has 7 heteroatoms. The fourth-order valence-electron chi connectivity index (χ4n) is 2.43. The second-order valence-corrected chi connectivity index (χ2v) is 7.53. The van der Waals surface area contributed by atoms with Gasteiger partial charge in [-0.1, -0.05) is 41.9 Å². The highest BCUT2D eigenvalue weighted by atomic mass is 127. The van der Waals surface area contributed by atoms with Crippen LogP contribution in [0.3, 0.4) is 0 Å². The maximum atomic E-state index is 12.3. The van der Waals surface area contributed by atoms with Crippen LogP contribution in [0.15, 0.2) is 78.5 Å².